The van der Waals surface area contributed by atoms with Crippen molar-refractivity contribution in [2.75, 3.05) is 13.2 Å². The van der Waals surface area contributed by atoms with Gasteiger partial charge in [0.1, 0.15) is 5.75 Å². The highest BCUT2D eigenvalue weighted by atomic mass is 35.5. The third kappa shape index (κ3) is 5.50. The topological polar surface area (TPSA) is 75.7 Å². The van der Waals surface area contributed by atoms with Crippen molar-refractivity contribution in [2.45, 2.75) is 24.4 Å². The molecule has 172 valence electrons. The van der Waals surface area contributed by atoms with Crippen LogP contribution in [0.5, 0.6) is 5.75 Å². The van der Waals surface area contributed by atoms with E-state index in [0.29, 0.717) is 24.5 Å². The minimum absolute atomic E-state index is 0.0856. The van der Waals surface area contributed by atoms with Gasteiger partial charge in [-0.3, -0.25) is 4.79 Å². The lowest BCUT2D eigenvalue weighted by Crippen LogP contribution is -2.35. The molecule has 4 rings (SSSR count). The van der Waals surface area contributed by atoms with Crippen LogP contribution in [-0.2, 0) is 34.3 Å². The second-order valence-corrected chi connectivity index (χ2v) is 10.4. The van der Waals surface area contributed by atoms with Gasteiger partial charge in [0.25, 0.3) is 5.91 Å². The van der Waals surface area contributed by atoms with Crippen molar-refractivity contribution in [3.63, 3.8) is 0 Å². The van der Waals surface area contributed by atoms with Crippen molar-refractivity contribution in [1.82, 2.24) is 9.62 Å². The van der Waals surface area contributed by atoms with Gasteiger partial charge >= 0.3 is 0 Å². The van der Waals surface area contributed by atoms with Gasteiger partial charge in [0.2, 0.25) is 10.0 Å². The number of carbonyl (C=O) groups excluding carboxylic acids is 1. The Balaban J connectivity index is 1.37. The molecule has 0 spiro atoms. The number of halogens is 2. The molecule has 0 unspecified atom stereocenters. The number of nitrogens with one attached hydrogen (secondary N) is 1. The van der Waals surface area contributed by atoms with E-state index < -0.39 is 10.0 Å². The maximum absolute atomic E-state index is 13.1. The first-order valence-electron chi connectivity index (χ1n) is 10.3. The van der Waals surface area contributed by atoms with Crippen molar-refractivity contribution < 1.29 is 17.9 Å². The molecule has 1 aliphatic rings. The molecule has 0 atom stereocenters. The largest absolute Gasteiger partial charge is 0.482 e. The summed E-state index contributed by atoms with van der Waals surface area (Å²) < 4.78 is 33.2. The third-order valence-corrected chi connectivity index (χ3v) is 7.93. The molecule has 1 aliphatic heterocycles. The van der Waals surface area contributed by atoms with E-state index in [9.17, 15) is 13.2 Å². The van der Waals surface area contributed by atoms with Gasteiger partial charge in [-0.2, -0.15) is 4.31 Å². The average molecular weight is 505 g/mol. The van der Waals surface area contributed by atoms with E-state index >= 15 is 0 Å². The standard InChI is InChI=1S/C24H22Cl2N2O4S/c25-21-8-4-3-6-18(21)14-27-24(29)16-32-23-10-9-20(13-22(23)26)33(30,31)28-12-11-17-5-1-2-7-19(17)15-28/h1-10,13H,11-12,14-16H2,(H,27,29). The molecular weight excluding hydrogens is 483 g/mol. The third-order valence-electron chi connectivity index (χ3n) is 5.43. The highest BCUT2D eigenvalue weighted by molar-refractivity contribution is 7.89. The second kappa shape index (κ2) is 10.1. The van der Waals surface area contributed by atoms with E-state index in [-0.39, 0.29) is 34.7 Å². The first kappa shape index (κ1) is 23.6. The van der Waals surface area contributed by atoms with Gasteiger partial charge in [0.15, 0.2) is 6.61 Å². The van der Waals surface area contributed by atoms with Crippen LogP contribution in [0.4, 0.5) is 0 Å². The van der Waals surface area contributed by atoms with Crippen LogP contribution >= 0.6 is 23.2 Å². The maximum Gasteiger partial charge on any atom is 0.258 e. The van der Waals surface area contributed by atoms with Gasteiger partial charge in [-0.25, -0.2) is 8.42 Å². The first-order valence-corrected chi connectivity index (χ1v) is 12.5. The number of carbonyl (C=O) groups is 1. The van der Waals surface area contributed by atoms with E-state index in [4.69, 9.17) is 27.9 Å². The molecule has 33 heavy (non-hydrogen) atoms. The van der Waals surface area contributed by atoms with Crippen LogP contribution < -0.4 is 10.1 Å². The van der Waals surface area contributed by atoms with Crippen LogP contribution in [0, 0.1) is 0 Å². The number of amides is 1. The number of hydrogen-bond acceptors (Lipinski definition) is 4. The zero-order valence-corrected chi connectivity index (χ0v) is 20.0. The number of sulfonamides is 1. The molecule has 0 aliphatic carbocycles. The second-order valence-electron chi connectivity index (χ2n) is 7.61. The Morgan fingerprint density at radius 2 is 1.70 bits per heavy atom. The van der Waals surface area contributed by atoms with E-state index in [1.807, 2.05) is 42.5 Å². The smallest absolute Gasteiger partial charge is 0.258 e. The summed E-state index contributed by atoms with van der Waals surface area (Å²) in [6, 6.07) is 19.3. The molecule has 1 N–H and O–H groups in total. The Kier molecular flexibility index (Phi) is 7.24. The van der Waals surface area contributed by atoms with Gasteiger partial charge in [0.05, 0.1) is 9.92 Å². The number of benzene rings is 3. The summed E-state index contributed by atoms with van der Waals surface area (Å²) in [6.07, 6.45) is 0.660. The summed E-state index contributed by atoms with van der Waals surface area (Å²) in [5.41, 5.74) is 2.96. The zero-order valence-electron chi connectivity index (χ0n) is 17.6. The van der Waals surface area contributed by atoms with E-state index in [0.717, 1.165) is 11.1 Å². The fourth-order valence-electron chi connectivity index (χ4n) is 3.61. The van der Waals surface area contributed by atoms with Gasteiger partial charge in [-0.15, -0.1) is 0 Å². The summed E-state index contributed by atoms with van der Waals surface area (Å²) in [7, 11) is -3.72. The van der Waals surface area contributed by atoms with Crippen molar-refractivity contribution >= 4 is 39.1 Å². The number of fused-ring (bicyclic) bond motifs is 1. The minimum atomic E-state index is -3.72. The van der Waals surface area contributed by atoms with E-state index in [1.165, 1.54) is 28.1 Å². The molecule has 6 nitrogen and oxygen atoms in total. The summed E-state index contributed by atoms with van der Waals surface area (Å²) in [4.78, 5) is 12.2. The first-order chi connectivity index (χ1) is 15.8. The van der Waals surface area contributed by atoms with Crippen LogP contribution in [0.25, 0.3) is 0 Å². The molecule has 0 saturated carbocycles. The van der Waals surface area contributed by atoms with Crippen molar-refractivity contribution in [2.24, 2.45) is 0 Å². The van der Waals surface area contributed by atoms with Gasteiger partial charge in [-0.1, -0.05) is 65.7 Å². The quantitative estimate of drug-likeness (QED) is 0.516. The highest BCUT2D eigenvalue weighted by Crippen LogP contribution is 2.30. The Hall–Kier alpha value is -2.58. The lowest BCUT2D eigenvalue weighted by molar-refractivity contribution is -0.123. The van der Waals surface area contributed by atoms with Crippen LogP contribution in [-0.4, -0.2) is 31.8 Å². The molecular formula is C24H22Cl2N2O4S. The Morgan fingerprint density at radius 1 is 0.970 bits per heavy atom. The Labute approximate surface area is 203 Å². The van der Waals surface area contributed by atoms with Crippen LogP contribution in [0.3, 0.4) is 0 Å². The molecule has 0 bridgehead atoms. The summed E-state index contributed by atoms with van der Waals surface area (Å²) in [5, 5.41) is 3.41. The molecule has 1 heterocycles. The number of nitrogens with zero attached hydrogens (tertiary/aromatic N) is 1. The lowest BCUT2D eigenvalue weighted by atomic mass is 10.0. The number of hydrogen-bond donors (Lipinski definition) is 1. The molecule has 0 radical (unpaired) electrons. The summed E-state index contributed by atoms with van der Waals surface area (Å²) in [6.45, 7) is 0.728. The molecule has 3 aromatic carbocycles. The molecule has 0 fully saturated rings. The average Bonchev–Trinajstić information content (AvgIpc) is 2.82. The SMILES string of the molecule is O=C(COc1ccc(S(=O)(=O)N2CCc3ccccc3C2)cc1Cl)NCc1ccccc1Cl. The summed E-state index contributed by atoms with van der Waals surface area (Å²) in [5.74, 6) is -0.123. The van der Waals surface area contributed by atoms with Crippen LogP contribution in [0.2, 0.25) is 10.0 Å². The van der Waals surface area contributed by atoms with Crippen molar-refractivity contribution in [3.8, 4) is 5.75 Å². The Morgan fingerprint density at radius 3 is 2.45 bits per heavy atom. The fraction of sp³-hybridized carbons (Fsp3) is 0.208. The predicted octanol–water partition coefficient (Wildman–Crippen LogP) is 4.44. The zero-order chi connectivity index (χ0) is 23.4. The highest BCUT2D eigenvalue weighted by Gasteiger charge is 2.28. The normalized spacial score (nSPS) is 13.9. The molecule has 1 amide bonds. The van der Waals surface area contributed by atoms with Gasteiger partial charge < -0.3 is 10.1 Å². The van der Waals surface area contributed by atoms with Crippen molar-refractivity contribution in [1.29, 1.82) is 0 Å². The van der Waals surface area contributed by atoms with Gasteiger partial charge in [-0.05, 0) is 47.4 Å². The lowest BCUT2D eigenvalue weighted by Gasteiger charge is -2.28. The van der Waals surface area contributed by atoms with Crippen molar-refractivity contribution in [3.05, 3.63) is 93.5 Å². The minimum Gasteiger partial charge on any atom is -0.482 e. The van der Waals surface area contributed by atoms with E-state index in [2.05, 4.69) is 5.32 Å². The fourth-order valence-corrected chi connectivity index (χ4v) is 5.56. The molecule has 9 heteroatoms. The maximum atomic E-state index is 13.1. The van der Waals surface area contributed by atoms with Gasteiger partial charge in [0, 0.05) is 24.7 Å². The molecule has 0 aromatic heterocycles. The van der Waals surface area contributed by atoms with E-state index in [1.54, 1.807) is 6.07 Å². The number of ether oxygens (including phenoxy) is 1. The van der Waals surface area contributed by atoms with Crippen LogP contribution in [0.15, 0.2) is 71.6 Å². The number of rotatable bonds is 7. The van der Waals surface area contributed by atoms with Crippen LogP contribution in [0.1, 0.15) is 16.7 Å². The predicted molar refractivity (Wildman–Crippen MR) is 128 cm³/mol. The molecule has 0 saturated heterocycles. The summed E-state index contributed by atoms with van der Waals surface area (Å²) >= 11 is 12.4. The monoisotopic (exact) mass is 504 g/mol. The molecule has 3 aromatic rings. The Bertz CT molecular complexity index is 1280.